The van der Waals surface area contributed by atoms with E-state index in [-0.39, 0.29) is 0 Å². The summed E-state index contributed by atoms with van der Waals surface area (Å²) < 4.78 is 0. The third-order valence-corrected chi connectivity index (χ3v) is 4.10. The summed E-state index contributed by atoms with van der Waals surface area (Å²) in [5.41, 5.74) is 1.28. The lowest BCUT2D eigenvalue weighted by atomic mass is 10.2. The Morgan fingerprint density at radius 2 is 2.10 bits per heavy atom. The normalized spacial score (nSPS) is 10.9. The molecule has 2 aromatic rings. The summed E-state index contributed by atoms with van der Waals surface area (Å²) in [6, 6.07) is 8.51. The van der Waals surface area contributed by atoms with Crippen LogP contribution in [0.5, 0.6) is 0 Å². The Bertz CT molecular complexity index is 496. The lowest BCUT2D eigenvalue weighted by Gasteiger charge is -2.21. The number of rotatable bonds is 8. The highest BCUT2D eigenvalue weighted by molar-refractivity contribution is 7.09. The highest BCUT2D eigenvalue weighted by atomic mass is 32.1. The van der Waals surface area contributed by atoms with Crippen LogP contribution < -0.4 is 5.32 Å². The van der Waals surface area contributed by atoms with Gasteiger partial charge < -0.3 is 5.32 Å². The molecule has 0 fully saturated rings. The lowest BCUT2D eigenvalue weighted by molar-refractivity contribution is 0.274. The fraction of sp³-hybridized carbons (Fsp3) is 0.438. The van der Waals surface area contributed by atoms with Crippen molar-refractivity contribution < 1.29 is 0 Å². The Morgan fingerprint density at radius 1 is 1.20 bits per heavy atom. The van der Waals surface area contributed by atoms with Crippen LogP contribution >= 0.6 is 11.3 Å². The number of anilines is 1. The van der Waals surface area contributed by atoms with Crippen molar-refractivity contribution in [3.8, 4) is 0 Å². The topological polar surface area (TPSA) is 28.2 Å². The SMILES string of the molecule is CCCNc1ncccc1CN(CC)Cc1cccs1. The number of nitrogens with one attached hydrogen (secondary N) is 1. The Kier molecular flexibility index (Phi) is 6.02. The van der Waals surface area contributed by atoms with Gasteiger partial charge in [-0.3, -0.25) is 4.90 Å². The average molecular weight is 289 g/mol. The van der Waals surface area contributed by atoms with Crippen LogP contribution in [0.2, 0.25) is 0 Å². The maximum absolute atomic E-state index is 4.47. The quantitative estimate of drug-likeness (QED) is 0.796. The fourth-order valence-corrected chi connectivity index (χ4v) is 2.86. The van der Waals surface area contributed by atoms with Crippen molar-refractivity contribution in [1.82, 2.24) is 9.88 Å². The van der Waals surface area contributed by atoms with Gasteiger partial charge in [-0.05, 0) is 30.5 Å². The van der Waals surface area contributed by atoms with Gasteiger partial charge in [-0.15, -0.1) is 11.3 Å². The van der Waals surface area contributed by atoms with E-state index in [9.17, 15) is 0 Å². The van der Waals surface area contributed by atoms with Gasteiger partial charge >= 0.3 is 0 Å². The second-order valence-electron chi connectivity index (χ2n) is 4.82. The summed E-state index contributed by atoms with van der Waals surface area (Å²) in [5, 5.41) is 5.56. The van der Waals surface area contributed by atoms with Gasteiger partial charge in [0.2, 0.25) is 0 Å². The largest absolute Gasteiger partial charge is 0.370 e. The minimum Gasteiger partial charge on any atom is -0.370 e. The smallest absolute Gasteiger partial charge is 0.130 e. The molecule has 3 nitrogen and oxygen atoms in total. The zero-order valence-corrected chi connectivity index (χ0v) is 13.1. The number of pyridine rings is 1. The molecule has 2 aromatic heterocycles. The Balaban J connectivity index is 2.03. The summed E-state index contributed by atoms with van der Waals surface area (Å²) in [7, 11) is 0. The van der Waals surface area contributed by atoms with E-state index < -0.39 is 0 Å². The second kappa shape index (κ2) is 8.02. The molecule has 0 unspecified atom stereocenters. The molecule has 1 N–H and O–H groups in total. The van der Waals surface area contributed by atoms with E-state index in [2.05, 4.69) is 52.6 Å². The minimum absolute atomic E-state index is 0.939. The molecular formula is C16H23N3S. The Labute approximate surface area is 125 Å². The van der Waals surface area contributed by atoms with Gasteiger partial charge in [-0.25, -0.2) is 4.98 Å². The molecule has 4 heteroatoms. The highest BCUT2D eigenvalue weighted by Gasteiger charge is 2.09. The zero-order chi connectivity index (χ0) is 14.2. The molecule has 0 aliphatic carbocycles. The highest BCUT2D eigenvalue weighted by Crippen LogP contribution is 2.17. The molecule has 20 heavy (non-hydrogen) atoms. The summed E-state index contributed by atoms with van der Waals surface area (Å²) in [4.78, 5) is 8.33. The summed E-state index contributed by atoms with van der Waals surface area (Å²) in [6.45, 7) is 8.35. The number of hydrogen-bond donors (Lipinski definition) is 1. The van der Waals surface area contributed by atoms with Crippen molar-refractivity contribution in [1.29, 1.82) is 0 Å². The molecule has 2 heterocycles. The molecule has 0 aliphatic rings. The van der Waals surface area contributed by atoms with Crippen molar-refractivity contribution in [3.63, 3.8) is 0 Å². The maximum atomic E-state index is 4.47. The van der Waals surface area contributed by atoms with Crippen molar-refractivity contribution in [2.24, 2.45) is 0 Å². The van der Waals surface area contributed by atoms with Gasteiger partial charge in [0, 0.05) is 36.3 Å². The molecule has 0 saturated heterocycles. The molecule has 108 valence electrons. The van der Waals surface area contributed by atoms with Crippen LogP contribution in [0.15, 0.2) is 35.8 Å². The predicted molar refractivity (Wildman–Crippen MR) is 87.1 cm³/mol. The van der Waals surface area contributed by atoms with E-state index in [1.54, 1.807) is 0 Å². The van der Waals surface area contributed by atoms with Crippen LogP contribution in [0.3, 0.4) is 0 Å². The first-order valence-corrected chi connectivity index (χ1v) is 8.14. The summed E-state index contributed by atoms with van der Waals surface area (Å²) in [6.07, 6.45) is 2.97. The molecule has 2 rings (SSSR count). The van der Waals surface area contributed by atoms with Gasteiger partial charge in [0.1, 0.15) is 5.82 Å². The Morgan fingerprint density at radius 3 is 2.80 bits per heavy atom. The van der Waals surface area contributed by atoms with Gasteiger partial charge in [0.25, 0.3) is 0 Å². The third kappa shape index (κ3) is 4.32. The first-order valence-electron chi connectivity index (χ1n) is 7.26. The van der Waals surface area contributed by atoms with E-state index in [1.807, 2.05) is 23.6 Å². The molecule has 0 aromatic carbocycles. The van der Waals surface area contributed by atoms with Crippen LogP contribution in [0.4, 0.5) is 5.82 Å². The molecule has 0 aliphatic heterocycles. The van der Waals surface area contributed by atoms with E-state index in [1.165, 1.54) is 10.4 Å². The number of hydrogen-bond acceptors (Lipinski definition) is 4. The second-order valence-corrected chi connectivity index (χ2v) is 5.85. The number of thiophene rings is 1. The fourth-order valence-electron chi connectivity index (χ4n) is 2.11. The van der Waals surface area contributed by atoms with Crippen molar-refractivity contribution >= 4 is 17.2 Å². The third-order valence-electron chi connectivity index (χ3n) is 3.23. The summed E-state index contributed by atoms with van der Waals surface area (Å²) >= 11 is 1.82. The molecule has 0 saturated carbocycles. The van der Waals surface area contributed by atoms with Crippen LogP contribution in [-0.2, 0) is 13.1 Å². The molecule has 0 amide bonds. The summed E-state index contributed by atoms with van der Waals surface area (Å²) in [5.74, 6) is 1.03. The van der Waals surface area contributed by atoms with Crippen molar-refractivity contribution in [2.45, 2.75) is 33.4 Å². The van der Waals surface area contributed by atoms with Gasteiger partial charge in [0.15, 0.2) is 0 Å². The van der Waals surface area contributed by atoms with Crippen LogP contribution in [0.1, 0.15) is 30.7 Å². The Hall–Kier alpha value is -1.39. The first kappa shape index (κ1) is 15.0. The molecule has 0 atom stereocenters. The van der Waals surface area contributed by atoms with Crippen LogP contribution in [-0.4, -0.2) is 23.0 Å². The van der Waals surface area contributed by atoms with E-state index >= 15 is 0 Å². The lowest BCUT2D eigenvalue weighted by Crippen LogP contribution is -2.22. The van der Waals surface area contributed by atoms with Gasteiger partial charge in [-0.1, -0.05) is 26.0 Å². The standard InChI is InChI=1S/C16H23N3S/c1-3-9-17-16-14(7-5-10-18-16)12-19(4-2)13-15-8-6-11-20-15/h5-8,10-11H,3-4,9,12-13H2,1-2H3,(H,17,18). The van der Waals surface area contributed by atoms with E-state index in [4.69, 9.17) is 0 Å². The molecule has 0 spiro atoms. The molecule has 0 bridgehead atoms. The number of nitrogens with zero attached hydrogens (tertiary/aromatic N) is 2. The van der Waals surface area contributed by atoms with Crippen LogP contribution in [0, 0.1) is 0 Å². The zero-order valence-electron chi connectivity index (χ0n) is 12.3. The molecular weight excluding hydrogens is 266 g/mol. The van der Waals surface area contributed by atoms with Crippen LogP contribution in [0.25, 0.3) is 0 Å². The van der Waals surface area contributed by atoms with Gasteiger partial charge in [0.05, 0.1) is 0 Å². The first-order chi connectivity index (χ1) is 9.83. The monoisotopic (exact) mass is 289 g/mol. The average Bonchev–Trinajstić information content (AvgIpc) is 2.98. The van der Waals surface area contributed by atoms with E-state index in [0.717, 1.165) is 38.4 Å². The van der Waals surface area contributed by atoms with Crippen molar-refractivity contribution in [2.75, 3.05) is 18.4 Å². The predicted octanol–water partition coefficient (Wildman–Crippen LogP) is 3.99. The van der Waals surface area contributed by atoms with Gasteiger partial charge in [-0.2, -0.15) is 0 Å². The number of aromatic nitrogens is 1. The maximum Gasteiger partial charge on any atom is 0.130 e. The minimum atomic E-state index is 0.939. The van der Waals surface area contributed by atoms with E-state index in [0.29, 0.717) is 0 Å². The molecule has 0 radical (unpaired) electrons. The van der Waals surface area contributed by atoms with Crippen molar-refractivity contribution in [3.05, 3.63) is 46.3 Å².